The number of benzene rings is 1. The Kier molecular flexibility index (Phi) is 0.558. The van der Waals surface area contributed by atoms with E-state index in [-0.39, 0.29) is 8.58 Å². The Morgan fingerprint density at radius 3 is 2.00 bits per heavy atom. The van der Waals surface area contributed by atoms with Crippen molar-refractivity contribution in [2.45, 2.75) is 0 Å². The molecule has 1 aliphatic heterocycles. The molecule has 0 nitrogen and oxygen atoms in total. The summed E-state index contributed by atoms with van der Waals surface area (Å²) in [6.07, 6.45) is 0. The van der Waals surface area contributed by atoms with Crippen LogP contribution in [-0.4, -0.2) is 0 Å². The van der Waals surface area contributed by atoms with Crippen molar-refractivity contribution >= 4 is 19.2 Å². The molecule has 0 fully saturated rings. The van der Waals surface area contributed by atoms with Gasteiger partial charge in [0.1, 0.15) is 0 Å². The second kappa shape index (κ2) is 1.08. The van der Waals surface area contributed by atoms with E-state index < -0.39 is 0 Å². The van der Waals surface area contributed by atoms with E-state index in [0.29, 0.717) is 0 Å². The zero-order valence-corrected chi connectivity index (χ0v) is 5.43. The molecule has 0 unspecified atom stereocenters. The average molecular weight is 110 g/mol. The molecule has 0 aromatic heterocycles. The number of rotatable bonds is 0. The van der Waals surface area contributed by atoms with Crippen LogP contribution in [0.1, 0.15) is 0 Å². The predicted molar refractivity (Wildman–Crippen MR) is 36.8 cm³/mol. The van der Waals surface area contributed by atoms with Gasteiger partial charge in [-0.15, -0.1) is 0 Å². The van der Waals surface area contributed by atoms with Crippen LogP contribution in [0.4, 0.5) is 0 Å². The summed E-state index contributed by atoms with van der Waals surface area (Å²) in [7, 11) is 0.217. The molecule has 2 rings (SSSR count). The van der Waals surface area contributed by atoms with Crippen molar-refractivity contribution < 1.29 is 0 Å². The van der Waals surface area contributed by atoms with Crippen molar-refractivity contribution in [1.82, 2.24) is 0 Å². The molecule has 0 spiro atoms. The third kappa shape index (κ3) is 0.470. The molecule has 0 atom stereocenters. The molecular weight excluding hydrogens is 103 g/mol. The summed E-state index contributed by atoms with van der Waals surface area (Å²) in [6.45, 7) is 0. The van der Waals surface area contributed by atoms with Crippen molar-refractivity contribution in [3.8, 4) is 0 Å². The summed E-state index contributed by atoms with van der Waals surface area (Å²) in [5.74, 6) is 0. The SMILES string of the molecule is c1ccc2c(c1)[PH3]2. The van der Waals surface area contributed by atoms with Crippen molar-refractivity contribution in [1.29, 1.82) is 0 Å². The van der Waals surface area contributed by atoms with E-state index in [1.165, 1.54) is 0 Å². The van der Waals surface area contributed by atoms with Gasteiger partial charge in [0, 0.05) is 0 Å². The van der Waals surface area contributed by atoms with Crippen LogP contribution in [0.15, 0.2) is 24.3 Å². The summed E-state index contributed by atoms with van der Waals surface area (Å²) in [6, 6.07) is 8.72. The van der Waals surface area contributed by atoms with Crippen LogP contribution in [0, 0.1) is 0 Å². The van der Waals surface area contributed by atoms with Crippen LogP contribution in [0.5, 0.6) is 0 Å². The topological polar surface area (TPSA) is 0 Å². The second-order valence-corrected chi connectivity index (χ2v) is 3.82. The summed E-state index contributed by atoms with van der Waals surface area (Å²) < 4.78 is 0. The van der Waals surface area contributed by atoms with Crippen molar-refractivity contribution in [3.05, 3.63) is 24.3 Å². The first-order valence-electron chi connectivity index (χ1n) is 2.53. The van der Waals surface area contributed by atoms with Gasteiger partial charge in [0.15, 0.2) is 0 Å². The van der Waals surface area contributed by atoms with Gasteiger partial charge in [0.25, 0.3) is 0 Å². The standard InChI is InChI=1S/C6H7P/c1-2-4-6-5(3-1)7-6/h1-4H,7H3. The minimum absolute atomic E-state index is 0.217. The van der Waals surface area contributed by atoms with Gasteiger partial charge in [-0.3, -0.25) is 0 Å². The van der Waals surface area contributed by atoms with Crippen LogP contribution in [0.2, 0.25) is 0 Å². The summed E-state index contributed by atoms with van der Waals surface area (Å²) in [5, 5.41) is 3.34. The quantitative estimate of drug-likeness (QED) is 0.422. The first-order valence-corrected chi connectivity index (χ1v) is 3.95. The van der Waals surface area contributed by atoms with Gasteiger partial charge >= 0.3 is 43.5 Å². The molecule has 1 aromatic rings. The van der Waals surface area contributed by atoms with Gasteiger partial charge in [-0.1, -0.05) is 0 Å². The Hall–Kier alpha value is -0.350. The fraction of sp³-hybridized carbons (Fsp3) is 0. The molecular formula is C6H7P. The van der Waals surface area contributed by atoms with E-state index in [2.05, 4.69) is 24.3 Å². The van der Waals surface area contributed by atoms with Crippen molar-refractivity contribution in [2.75, 3.05) is 0 Å². The van der Waals surface area contributed by atoms with Gasteiger partial charge in [-0.2, -0.15) is 0 Å². The average Bonchev–Trinajstić information content (AvgIpc) is 2.41. The molecule has 0 saturated heterocycles. The fourth-order valence-electron chi connectivity index (χ4n) is 0.836. The third-order valence-electron chi connectivity index (χ3n) is 1.37. The maximum absolute atomic E-state index is 2.24. The molecule has 0 N–H and O–H groups in total. The molecule has 1 heteroatoms. The van der Waals surface area contributed by atoms with Gasteiger partial charge in [-0.05, 0) is 0 Å². The second-order valence-electron chi connectivity index (χ2n) is 1.95. The number of hydrogen-bond donors (Lipinski definition) is 0. The maximum atomic E-state index is 2.24. The van der Waals surface area contributed by atoms with Gasteiger partial charge in [-0.25, -0.2) is 0 Å². The zero-order valence-electron chi connectivity index (χ0n) is 4.02. The van der Waals surface area contributed by atoms with Gasteiger partial charge < -0.3 is 0 Å². The predicted octanol–water partition coefficient (Wildman–Crippen LogP) is 0.0939. The molecule has 0 saturated carbocycles. The van der Waals surface area contributed by atoms with Crippen LogP contribution in [0.3, 0.4) is 0 Å². The van der Waals surface area contributed by atoms with Crippen molar-refractivity contribution in [2.24, 2.45) is 0 Å². The molecule has 1 aliphatic rings. The van der Waals surface area contributed by atoms with E-state index in [1.54, 1.807) is 10.6 Å². The van der Waals surface area contributed by atoms with E-state index in [4.69, 9.17) is 0 Å². The van der Waals surface area contributed by atoms with Crippen LogP contribution >= 0.6 is 8.58 Å². The normalized spacial score (nSPS) is 14.3. The zero-order chi connectivity index (χ0) is 4.69. The van der Waals surface area contributed by atoms with Gasteiger partial charge in [0.05, 0.1) is 0 Å². The first-order chi connectivity index (χ1) is 3.47. The Balaban J connectivity index is 2.73. The Morgan fingerprint density at radius 2 is 1.57 bits per heavy atom. The Morgan fingerprint density at radius 1 is 1.00 bits per heavy atom. The van der Waals surface area contributed by atoms with Crippen LogP contribution < -0.4 is 10.6 Å². The summed E-state index contributed by atoms with van der Waals surface area (Å²) in [5.41, 5.74) is 0. The molecule has 36 valence electrons. The minimum atomic E-state index is 0.217. The van der Waals surface area contributed by atoms with E-state index in [1.807, 2.05) is 0 Å². The number of fused-ring (bicyclic) bond motifs is 1. The van der Waals surface area contributed by atoms with E-state index in [0.717, 1.165) is 0 Å². The Labute approximate surface area is 44.3 Å². The number of hydrogen-bond acceptors (Lipinski definition) is 0. The molecule has 0 radical (unpaired) electrons. The first kappa shape index (κ1) is 3.63. The van der Waals surface area contributed by atoms with Gasteiger partial charge in [0.2, 0.25) is 0 Å². The van der Waals surface area contributed by atoms with Crippen molar-refractivity contribution in [3.63, 3.8) is 0 Å². The summed E-state index contributed by atoms with van der Waals surface area (Å²) in [4.78, 5) is 0. The van der Waals surface area contributed by atoms with Crippen LogP contribution in [0.25, 0.3) is 0 Å². The molecule has 1 aromatic carbocycles. The van der Waals surface area contributed by atoms with E-state index >= 15 is 0 Å². The van der Waals surface area contributed by atoms with E-state index in [9.17, 15) is 0 Å². The monoisotopic (exact) mass is 110 g/mol. The van der Waals surface area contributed by atoms with Crippen LogP contribution in [-0.2, 0) is 0 Å². The molecule has 1 heterocycles. The third-order valence-corrected chi connectivity index (χ3v) is 3.02. The molecule has 0 bridgehead atoms. The molecule has 7 heavy (non-hydrogen) atoms. The summed E-state index contributed by atoms with van der Waals surface area (Å²) >= 11 is 0. The Bertz CT molecular complexity index is 172. The molecule has 0 amide bonds. The fourth-order valence-corrected chi connectivity index (χ4v) is 1.90. The molecule has 0 aliphatic carbocycles.